The van der Waals surface area contributed by atoms with Gasteiger partial charge in [0.2, 0.25) is 5.78 Å². The van der Waals surface area contributed by atoms with Crippen LogP contribution in [0.25, 0.3) is 0 Å². The topological polar surface area (TPSA) is 29.4 Å². The van der Waals surface area contributed by atoms with E-state index in [0.29, 0.717) is 11.3 Å². The molecular formula is C12H11NO. The number of hydrogen-bond acceptors (Lipinski definition) is 2. The molecule has 0 fully saturated rings. The Hall–Kier alpha value is -1.70. The Balaban J connectivity index is 2.54. The second kappa shape index (κ2) is 3.22. The second-order valence-corrected chi connectivity index (χ2v) is 3.24. The fraction of sp³-hybridized carbons (Fsp3) is 0.167. The molecule has 0 bridgehead atoms. The van der Waals surface area contributed by atoms with Crippen LogP contribution in [0.4, 0.5) is 5.69 Å². The summed E-state index contributed by atoms with van der Waals surface area (Å²) < 4.78 is 0. The van der Waals surface area contributed by atoms with Gasteiger partial charge in [0.25, 0.3) is 0 Å². The molecule has 0 unspecified atom stereocenters. The van der Waals surface area contributed by atoms with E-state index in [1.807, 2.05) is 18.2 Å². The molecule has 0 amide bonds. The van der Waals surface area contributed by atoms with Crippen molar-refractivity contribution in [3.05, 3.63) is 42.0 Å². The average Bonchev–Trinajstić information content (AvgIpc) is 2.55. The summed E-state index contributed by atoms with van der Waals surface area (Å²) in [6.07, 6.45) is 2.47. The SMILES string of the molecule is C=CC1=Nc2cc(CC)ccc2C1=O. The Labute approximate surface area is 83.0 Å². The molecule has 0 spiro atoms. The van der Waals surface area contributed by atoms with Crippen molar-refractivity contribution in [2.45, 2.75) is 13.3 Å². The zero-order chi connectivity index (χ0) is 10.1. The predicted molar refractivity (Wildman–Crippen MR) is 57.4 cm³/mol. The van der Waals surface area contributed by atoms with Gasteiger partial charge in [0.05, 0.1) is 5.69 Å². The van der Waals surface area contributed by atoms with Crippen LogP contribution in [0.2, 0.25) is 0 Å². The summed E-state index contributed by atoms with van der Waals surface area (Å²) in [4.78, 5) is 15.8. The largest absolute Gasteiger partial charge is 0.287 e. The number of hydrogen-bond donors (Lipinski definition) is 0. The van der Waals surface area contributed by atoms with E-state index >= 15 is 0 Å². The highest BCUT2D eigenvalue weighted by Crippen LogP contribution is 2.28. The fourth-order valence-corrected chi connectivity index (χ4v) is 1.54. The number of Topliss-reactive ketones (excluding diaryl/α,β-unsaturated/α-hetero) is 1. The van der Waals surface area contributed by atoms with Gasteiger partial charge in [-0.25, -0.2) is 4.99 Å². The van der Waals surface area contributed by atoms with E-state index in [1.165, 1.54) is 11.6 Å². The third-order valence-electron chi connectivity index (χ3n) is 2.38. The van der Waals surface area contributed by atoms with E-state index in [1.54, 1.807) is 0 Å². The molecule has 0 aromatic heterocycles. The maximum atomic E-state index is 11.6. The van der Waals surface area contributed by atoms with Crippen LogP contribution in [0.5, 0.6) is 0 Å². The van der Waals surface area contributed by atoms with Gasteiger partial charge >= 0.3 is 0 Å². The highest BCUT2D eigenvalue weighted by Gasteiger charge is 2.21. The molecule has 0 atom stereocenters. The van der Waals surface area contributed by atoms with Gasteiger partial charge in [-0.15, -0.1) is 0 Å². The Bertz CT molecular complexity index is 444. The highest BCUT2D eigenvalue weighted by molar-refractivity contribution is 6.53. The van der Waals surface area contributed by atoms with Crippen molar-refractivity contribution in [1.29, 1.82) is 0 Å². The Morgan fingerprint density at radius 1 is 1.50 bits per heavy atom. The molecule has 1 aromatic rings. The van der Waals surface area contributed by atoms with E-state index in [9.17, 15) is 4.79 Å². The molecule has 1 aromatic carbocycles. The maximum absolute atomic E-state index is 11.6. The Kier molecular flexibility index (Phi) is 2.04. The van der Waals surface area contributed by atoms with E-state index in [2.05, 4.69) is 18.5 Å². The van der Waals surface area contributed by atoms with Crippen LogP contribution in [-0.4, -0.2) is 11.5 Å². The summed E-state index contributed by atoms with van der Waals surface area (Å²) in [5.74, 6) is -0.0161. The van der Waals surface area contributed by atoms with Crippen molar-refractivity contribution in [2.75, 3.05) is 0 Å². The first kappa shape index (κ1) is 8.88. The zero-order valence-corrected chi connectivity index (χ0v) is 8.08. The van der Waals surface area contributed by atoms with Crippen molar-refractivity contribution in [1.82, 2.24) is 0 Å². The zero-order valence-electron chi connectivity index (χ0n) is 8.08. The van der Waals surface area contributed by atoms with Crippen molar-refractivity contribution >= 4 is 17.2 Å². The standard InChI is InChI=1S/C12H11NO/c1-3-8-5-6-9-11(7-8)13-10(4-2)12(9)14/h4-7H,2-3H2,1H3. The number of ketones is 1. The number of rotatable bonds is 2. The lowest BCUT2D eigenvalue weighted by Crippen LogP contribution is -2.05. The van der Waals surface area contributed by atoms with E-state index in [4.69, 9.17) is 0 Å². The van der Waals surface area contributed by atoms with Crippen molar-refractivity contribution < 1.29 is 4.79 Å². The monoisotopic (exact) mass is 185 g/mol. The van der Waals surface area contributed by atoms with Gasteiger partial charge in [0, 0.05) is 5.56 Å². The second-order valence-electron chi connectivity index (χ2n) is 3.24. The third kappa shape index (κ3) is 1.20. The molecule has 14 heavy (non-hydrogen) atoms. The minimum absolute atomic E-state index is 0.0161. The smallest absolute Gasteiger partial charge is 0.213 e. The highest BCUT2D eigenvalue weighted by atomic mass is 16.1. The van der Waals surface area contributed by atoms with Crippen LogP contribution in [0, 0.1) is 0 Å². The van der Waals surface area contributed by atoms with Gasteiger partial charge in [-0.3, -0.25) is 4.79 Å². The normalized spacial score (nSPS) is 13.8. The Morgan fingerprint density at radius 3 is 2.93 bits per heavy atom. The minimum atomic E-state index is -0.0161. The first-order chi connectivity index (χ1) is 6.76. The molecule has 2 heteroatoms. The number of allylic oxidation sites excluding steroid dienone is 1. The summed E-state index contributed by atoms with van der Waals surface area (Å²) in [5.41, 5.74) is 3.13. The first-order valence-electron chi connectivity index (χ1n) is 4.65. The first-order valence-corrected chi connectivity index (χ1v) is 4.65. The van der Waals surface area contributed by atoms with Crippen LogP contribution in [0.3, 0.4) is 0 Å². The van der Waals surface area contributed by atoms with Crippen molar-refractivity contribution in [3.8, 4) is 0 Å². The maximum Gasteiger partial charge on any atom is 0.213 e. The summed E-state index contributed by atoms with van der Waals surface area (Å²) >= 11 is 0. The van der Waals surface area contributed by atoms with Crippen LogP contribution >= 0.6 is 0 Å². The minimum Gasteiger partial charge on any atom is -0.287 e. The molecule has 0 N–H and O–H groups in total. The molecular weight excluding hydrogens is 174 g/mol. The molecule has 1 heterocycles. The quantitative estimate of drug-likeness (QED) is 0.696. The molecule has 0 saturated heterocycles. The van der Waals surface area contributed by atoms with E-state index in [-0.39, 0.29) is 5.78 Å². The van der Waals surface area contributed by atoms with Crippen LogP contribution < -0.4 is 0 Å². The number of benzene rings is 1. The molecule has 1 aliphatic rings. The van der Waals surface area contributed by atoms with E-state index in [0.717, 1.165) is 12.1 Å². The summed E-state index contributed by atoms with van der Waals surface area (Å²) in [5, 5.41) is 0. The van der Waals surface area contributed by atoms with E-state index < -0.39 is 0 Å². The summed E-state index contributed by atoms with van der Waals surface area (Å²) in [6, 6.07) is 5.78. The molecule has 2 nitrogen and oxygen atoms in total. The molecule has 0 saturated carbocycles. The van der Waals surface area contributed by atoms with Gasteiger partial charge in [-0.2, -0.15) is 0 Å². The van der Waals surface area contributed by atoms with Crippen molar-refractivity contribution in [2.24, 2.45) is 4.99 Å². The van der Waals surface area contributed by atoms with Gasteiger partial charge < -0.3 is 0 Å². The molecule has 0 aliphatic carbocycles. The lowest BCUT2D eigenvalue weighted by atomic mass is 10.0. The summed E-state index contributed by atoms with van der Waals surface area (Å²) in [7, 11) is 0. The van der Waals surface area contributed by atoms with Gasteiger partial charge in [0.1, 0.15) is 5.71 Å². The number of carbonyl (C=O) groups is 1. The van der Waals surface area contributed by atoms with Gasteiger partial charge in [-0.1, -0.05) is 19.6 Å². The number of nitrogens with zero attached hydrogens (tertiary/aromatic N) is 1. The molecule has 0 radical (unpaired) electrons. The summed E-state index contributed by atoms with van der Waals surface area (Å²) in [6.45, 7) is 5.65. The average molecular weight is 185 g/mol. The lowest BCUT2D eigenvalue weighted by molar-refractivity contribution is 0.107. The molecule has 1 aliphatic heterocycles. The lowest BCUT2D eigenvalue weighted by Gasteiger charge is -1.98. The van der Waals surface area contributed by atoms with Crippen LogP contribution in [-0.2, 0) is 6.42 Å². The number of aliphatic imine (C=N–C) groups is 1. The van der Waals surface area contributed by atoms with Crippen molar-refractivity contribution in [3.63, 3.8) is 0 Å². The van der Waals surface area contributed by atoms with Gasteiger partial charge in [-0.05, 0) is 30.2 Å². The number of aryl methyl sites for hydroxylation is 1. The fourth-order valence-electron chi connectivity index (χ4n) is 1.54. The van der Waals surface area contributed by atoms with Crippen LogP contribution in [0.15, 0.2) is 35.8 Å². The number of carbonyl (C=O) groups excluding carboxylic acids is 1. The number of fused-ring (bicyclic) bond motifs is 1. The van der Waals surface area contributed by atoms with Crippen LogP contribution in [0.1, 0.15) is 22.8 Å². The molecule has 2 rings (SSSR count). The predicted octanol–water partition coefficient (Wildman–Crippen LogP) is 2.70. The van der Waals surface area contributed by atoms with Gasteiger partial charge in [0.15, 0.2) is 0 Å². The Morgan fingerprint density at radius 2 is 2.29 bits per heavy atom. The molecule has 70 valence electrons. The third-order valence-corrected chi connectivity index (χ3v) is 2.38.